The highest BCUT2D eigenvalue weighted by Crippen LogP contribution is 2.24. The second kappa shape index (κ2) is 6.53. The summed E-state index contributed by atoms with van der Waals surface area (Å²) in [5, 5.41) is 0. The van der Waals surface area contributed by atoms with Crippen LogP contribution in [-0.2, 0) is 4.79 Å². The van der Waals surface area contributed by atoms with Crippen molar-refractivity contribution in [2.24, 2.45) is 0 Å². The number of hydrogen-bond acceptors (Lipinski definition) is 6. The molecule has 0 atom stereocenters. The first-order chi connectivity index (χ1) is 12.9. The molecule has 1 aliphatic heterocycles. The van der Waals surface area contributed by atoms with Crippen LogP contribution in [0.25, 0.3) is 22.6 Å². The molecule has 4 rings (SSSR count). The third-order valence-corrected chi connectivity index (χ3v) is 4.27. The number of rotatable bonds is 2. The molecule has 1 aromatic carbocycles. The number of alkyl halides is 3. The molecule has 0 spiro atoms. The van der Waals surface area contributed by atoms with Crippen molar-refractivity contribution in [1.29, 1.82) is 0 Å². The minimum Gasteiger partial charge on any atom is -0.436 e. The van der Waals surface area contributed by atoms with Crippen LogP contribution in [0, 0.1) is 0 Å². The molecule has 0 saturated carbocycles. The van der Waals surface area contributed by atoms with Crippen molar-refractivity contribution < 1.29 is 22.4 Å². The summed E-state index contributed by atoms with van der Waals surface area (Å²) in [5.41, 5.74) is 1.98. The van der Waals surface area contributed by atoms with Crippen molar-refractivity contribution in [1.82, 2.24) is 19.9 Å². The van der Waals surface area contributed by atoms with Gasteiger partial charge in [0, 0.05) is 38.6 Å². The molecular formula is C17H14F3N5O2. The van der Waals surface area contributed by atoms with E-state index in [2.05, 4.69) is 15.0 Å². The maximum Gasteiger partial charge on any atom is 0.471 e. The molecular weight excluding hydrogens is 363 g/mol. The molecule has 0 bridgehead atoms. The van der Waals surface area contributed by atoms with Gasteiger partial charge in [0.2, 0.25) is 11.8 Å². The number of anilines is 1. The standard InChI is InChI=1S/C17H14F3N5O2/c18-17(19,20)15(26)24-5-7-25(8-6-24)16-21-9-11(10-22-16)14-23-12-3-1-2-4-13(12)27-14/h1-4,9-10H,5-8H2. The normalized spacial score (nSPS) is 15.4. The molecule has 7 nitrogen and oxygen atoms in total. The van der Waals surface area contributed by atoms with Gasteiger partial charge in [0.25, 0.3) is 0 Å². The number of para-hydroxylation sites is 2. The van der Waals surface area contributed by atoms with E-state index < -0.39 is 12.1 Å². The second-order valence-corrected chi connectivity index (χ2v) is 6.04. The van der Waals surface area contributed by atoms with Crippen molar-refractivity contribution in [3.05, 3.63) is 36.7 Å². The lowest BCUT2D eigenvalue weighted by atomic mass is 10.3. The molecule has 0 aliphatic carbocycles. The molecule has 0 unspecified atom stereocenters. The van der Waals surface area contributed by atoms with Crippen LogP contribution >= 0.6 is 0 Å². The average molecular weight is 377 g/mol. The summed E-state index contributed by atoms with van der Waals surface area (Å²) < 4.78 is 43.1. The number of carbonyl (C=O) groups excluding carboxylic acids is 1. The number of aromatic nitrogens is 3. The predicted molar refractivity (Wildman–Crippen MR) is 89.9 cm³/mol. The van der Waals surface area contributed by atoms with Crippen LogP contribution in [0.15, 0.2) is 41.1 Å². The molecule has 27 heavy (non-hydrogen) atoms. The molecule has 1 aliphatic rings. The first-order valence-corrected chi connectivity index (χ1v) is 8.21. The lowest BCUT2D eigenvalue weighted by molar-refractivity contribution is -0.185. The monoisotopic (exact) mass is 377 g/mol. The quantitative estimate of drug-likeness (QED) is 0.683. The number of carbonyl (C=O) groups is 1. The number of amides is 1. The summed E-state index contributed by atoms with van der Waals surface area (Å²) in [7, 11) is 0. The topological polar surface area (TPSA) is 75.4 Å². The predicted octanol–water partition coefficient (Wildman–Crippen LogP) is 2.50. The largest absolute Gasteiger partial charge is 0.471 e. The first kappa shape index (κ1) is 17.3. The van der Waals surface area contributed by atoms with E-state index in [9.17, 15) is 18.0 Å². The number of piperazine rings is 1. The Balaban J connectivity index is 1.45. The zero-order valence-electron chi connectivity index (χ0n) is 14.0. The molecule has 3 heterocycles. The Morgan fingerprint density at radius 3 is 2.33 bits per heavy atom. The molecule has 2 aromatic heterocycles. The van der Waals surface area contributed by atoms with Crippen molar-refractivity contribution in [3.8, 4) is 11.5 Å². The van der Waals surface area contributed by atoms with Gasteiger partial charge >= 0.3 is 12.1 Å². The Morgan fingerprint density at radius 1 is 1.04 bits per heavy atom. The van der Waals surface area contributed by atoms with Crippen molar-refractivity contribution in [2.45, 2.75) is 6.18 Å². The van der Waals surface area contributed by atoms with E-state index in [0.717, 1.165) is 10.4 Å². The Bertz CT molecular complexity index is 930. The fourth-order valence-electron chi connectivity index (χ4n) is 2.88. The van der Waals surface area contributed by atoms with Crippen LogP contribution in [0.3, 0.4) is 0 Å². The van der Waals surface area contributed by atoms with Crippen LogP contribution < -0.4 is 4.90 Å². The van der Waals surface area contributed by atoms with Gasteiger partial charge < -0.3 is 14.2 Å². The van der Waals surface area contributed by atoms with Crippen LogP contribution in [0.4, 0.5) is 19.1 Å². The zero-order valence-corrected chi connectivity index (χ0v) is 14.0. The molecule has 0 radical (unpaired) electrons. The van der Waals surface area contributed by atoms with Crippen molar-refractivity contribution >= 4 is 23.0 Å². The highest BCUT2D eigenvalue weighted by Gasteiger charge is 2.43. The average Bonchev–Trinajstić information content (AvgIpc) is 3.11. The molecule has 1 amide bonds. The van der Waals surface area contributed by atoms with Gasteiger partial charge in [0.1, 0.15) is 5.52 Å². The Kier molecular flexibility index (Phi) is 4.17. The Labute approximate surface area is 151 Å². The number of oxazole rings is 1. The SMILES string of the molecule is O=C(N1CCN(c2ncc(-c3nc4ccccc4o3)cn2)CC1)C(F)(F)F. The summed E-state index contributed by atoms with van der Waals surface area (Å²) in [6.45, 7) is 0.386. The fraction of sp³-hybridized carbons (Fsp3) is 0.294. The van der Waals surface area contributed by atoms with Crippen molar-refractivity contribution in [3.63, 3.8) is 0 Å². The van der Waals surface area contributed by atoms with Crippen LogP contribution in [0.2, 0.25) is 0 Å². The molecule has 10 heteroatoms. The Morgan fingerprint density at radius 2 is 1.70 bits per heavy atom. The van der Waals surface area contributed by atoms with E-state index >= 15 is 0 Å². The number of halogens is 3. The number of nitrogens with zero attached hydrogens (tertiary/aromatic N) is 5. The van der Waals surface area contributed by atoms with Gasteiger partial charge in [-0.3, -0.25) is 4.79 Å². The summed E-state index contributed by atoms with van der Waals surface area (Å²) in [5.74, 6) is -1.04. The van der Waals surface area contributed by atoms with Crippen LogP contribution in [0.5, 0.6) is 0 Å². The summed E-state index contributed by atoms with van der Waals surface area (Å²) in [6, 6.07) is 7.35. The van der Waals surface area contributed by atoms with E-state index in [1.54, 1.807) is 17.3 Å². The fourth-order valence-corrected chi connectivity index (χ4v) is 2.88. The molecule has 140 valence electrons. The van der Waals surface area contributed by atoms with Gasteiger partial charge in [-0.05, 0) is 12.1 Å². The van der Waals surface area contributed by atoms with E-state index in [1.807, 2.05) is 24.3 Å². The lowest BCUT2D eigenvalue weighted by Gasteiger charge is -2.34. The highest BCUT2D eigenvalue weighted by molar-refractivity contribution is 5.82. The van der Waals surface area contributed by atoms with Gasteiger partial charge in [0.05, 0.1) is 5.56 Å². The van der Waals surface area contributed by atoms with Gasteiger partial charge in [-0.1, -0.05) is 12.1 Å². The minimum atomic E-state index is -4.85. The van der Waals surface area contributed by atoms with Crippen molar-refractivity contribution in [2.75, 3.05) is 31.1 Å². The van der Waals surface area contributed by atoms with Crippen LogP contribution in [0.1, 0.15) is 0 Å². The van der Waals surface area contributed by atoms with Gasteiger partial charge in [-0.25, -0.2) is 15.0 Å². The summed E-state index contributed by atoms with van der Waals surface area (Å²) >= 11 is 0. The first-order valence-electron chi connectivity index (χ1n) is 8.21. The summed E-state index contributed by atoms with van der Waals surface area (Å²) in [6.07, 6.45) is -1.74. The minimum absolute atomic E-state index is 0.0332. The molecule has 1 fully saturated rings. The third-order valence-electron chi connectivity index (χ3n) is 4.27. The van der Waals surface area contributed by atoms with E-state index in [0.29, 0.717) is 23.0 Å². The Hall–Kier alpha value is -3.17. The summed E-state index contributed by atoms with van der Waals surface area (Å²) in [4.78, 5) is 26.7. The molecule has 1 saturated heterocycles. The zero-order chi connectivity index (χ0) is 19.0. The van der Waals surface area contributed by atoms with Gasteiger partial charge in [0.15, 0.2) is 5.58 Å². The maximum absolute atomic E-state index is 12.5. The third kappa shape index (κ3) is 3.42. The molecule has 3 aromatic rings. The lowest BCUT2D eigenvalue weighted by Crippen LogP contribution is -2.52. The van der Waals surface area contributed by atoms with Crippen LogP contribution in [-0.4, -0.2) is 58.1 Å². The van der Waals surface area contributed by atoms with Gasteiger partial charge in [-0.2, -0.15) is 13.2 Å². The second-order valence-electron chi connectivity index (χ2n) is 6.04. The number of fused-ring (bicyclic) bond motifs is 1. The number of hydrogen-bond donors (Lipinski definition) is 0. The van der Waals surface area contributed by atoms with E-state index in [-0.39, 0.29) is 26.2 Å². The molecule has 0 N–H and O–H groups in total. The maximum atomic E-state index is 12.5. The number of benzene rings is 1. The smallest absolute Gasteiger partial charge is 0.436 e. The highest BCUT2D eigenvalue weighted by atomic mass is 19.4. The van der Waals surface area contributed by atoms with E-state index in [1.165, 1.54) is 0 Å². The van der Waals surface area contributed by atoms with Gasteiger partial charge in [-0.15, -0.1) is 0 Å². The van der Waals surface area contributed by atoms with E-state index in [4.69, 9.17) is 4.42 Å².